The Labute approximate surface area is 118 Å². The van der Waals surface area contributed by atoms with Crippen LogP contribution in [-0.4, -0.2) is 23.1 Å². The highest BCUT2D eigenvalue weighted by Gasteiger charge is 2.32. The van der Waals surface area contributed by atoms with E-state index in [-0.39, 0.29) is 6.04 Å². The van der Waals surface area contributed by atoms with Crippen LogP contribution in [0.5, 0.6) is 0 Å². The van der Waals surface area contributed by atoms with Gasteiger partial charge in [-0.3, -0.25) is 0 Å². The number of carboxylic acids is 1. The fourth-order valence-electron chi connectivity index (χ4n) is 1.78. The summed E-state index contributed by atoms with van der Waals surface area (Å²) in [7, 11) is 0. The lowest BCUT2D eigenvalue weighted by atomic mass is 9.87. The van der Waals surface area contributed by atoms with Gasteiger partial charge in [-0.05, 0) is 31.4 Å². The predicted octanol–water partition coefficient (Wildman–Crippen LogP) is 2.45. The molecule has 0 aliphatic carbocycles. The molecule has 0 bridgehead atoms. The van der Waals surface area contributed by atoms with E-state index in [2.05, 4.69) is 10.6 Å². The number of amides is 2. The molecule has 0 radical (unpaired) electrons. The smallest absolute Gasteiger partial charge is 0.326 e. The molecule has 0 aromatic carbocycles. The Morgan fingerprint density at radius 1 is 1.25 bits per heavy atom. The van der Waals surface area contributed by atoms with Crippen molar-refractivity contribution in [1.82, 2.24) is 10.6 Å². The molecule has 0 saturated carbocycles. The Morgan fingerprint density at radius 3 is 2.25 bits per heavy atom. The van der Waals surface area contributed by atoms with Gasteiger partial charge in [0.05, 0.1) is 6.04 Å². The van der Waals surface area contributed by atoms with Crippen molar-refractivity contribution in [3.63, 3.8) is 0 Å². The molecule has 20 heavy (non-hydrogen) atoms. The molecule has 2 amide bonds. The summed E-state index contributed by atoms with van der Waals surface area (Å²) in [5.74, 6) is 0.321. The predicted molar refractivity (Wildman–Crippen MR) is 74.4 cm³/mol. The third-order valence-electron chi connectivity index (χ3n) is 2.92. The van der Waals surface area contributed by atoms with Crippen LogP contribution in [0.1, 0.15) is 45.3 Å². The van der Waals surface area contributed by atoms with Gasteiger partial charge >= 0.3 is 12.0 Å². The van der Waals surface area contributed by atoms with E-state index in [0.717, 1.165) is 5.76 Å². The summed E-state index contributed by atoms with van der Waals surface area (Å²) < 4.78 is 5.41. The van der Waals surface area contributed by atoms with Gasteiger partial charge in [-0.15, -0.1) is 0 Å². The van der Waals surface area contributed by atoms with E-state index in [9.17, 15) is 9.59 Å². The largest absolute Gasteiger partial charge is 0.480 e. The monoisotopic (exact) mass is 282 g/mol. The van der Waals surface area contributed by atoms with Gasteiger partial charge in [0.25, 0.3) is 0 Å². The van der Waals surface area contributed by atoms with E-state index < -0.39 is 23.5 Å². The highest BCUT2D eigenvalue weighted by molar-refractivity contribution is 5.83. The summed E-state index contributed by atoms with van der Waals surface area (Å²) >= 11 is 0. The molecule has 6 nitrogen and oxygen atoms in total. The van der Waals surface area contributed by atoms with Gasteiger partial charge in [0.2, 0.25) is 0 Å². The Hall–Kier alpha value is -1.98. The first kappa shape index (κ1) is 16.1. The molecule has 0 aliphatic rings. The molecule has 1 rings (SSSR count). The van der Waals surface area contributed by atoms with Crippen LogP contribution in [0.2, 0.25) is 0 Å². The summed E-state index contributed by atoms with van der Waals surface area (Å²) in [6, 6.07) is 1.75. The quantitative estimate of drug-likeness (QED) is 0.791. The second-order valence-electron chi connectivity index (χ2n) is 5.93. The highest BCUT2D eigenvalue weighted by atomic mass is 16.4. The maximum Gasteiger partial charge on any atom is 0.326 e. The second kappa shape index (κ2) is 5.98. The van der Waals surface area contributed by atoms with Gasteiger partial charge in [0.1, 0.15) is 17.6 Å². The van der Waals surface area contributed by atoms with Gasteiger partial charge in [-0.1, -0.05) is 20.8 Å². The third kappa shape index (κ3) is 4.29. The van der Waals surface area contributed by atoms with Crippen LogP contribution in [0, 0.1) is 12.3 Å². The van der Waals surface area contributed by atoms with Gasteiger partial charge in [-0.2, -0.15) is 0 Å². The summed E-state index contributed by atoms with van der Waals surface area (Å²) in [6.07, 6.45) is 0. The van der Waals surface area contributed by atoms with Crippen molar-refractivity contribution in [3.05, 3.63) is 23.7 Å². The maximum atomic E-state index is 11.9. The van der Waals surface area contributed by atoms with Gasteiger partial charge < -0.3 is 20.2 Å². The van der Waals surface area contributed by atoms with Crippen LogP contribution in [0.4, 0.5) is 4.79 Å². The Balaban J connectivity index is 2.65. The minimum atomic E-state index is -1.06. The number of furan rings is 1. The number of hydrogen-bond donors (Lipinski definition) is 3. The van der Waals surface area contributed by atoms with Crippen LogP contribution in [0.3, 0.4) is 0 Å². The van der Waals surface area contributed by atoms with E-state index in [1.807, 2.05) is 6.92 Å². The molecule has 1 heterocycles. The molecular formula is C14H22N2O4. The zero-order valence-corrected chi connectivity index (χ0v) is 12.5. The second-order valence-corrected chi connectivity index (χ2v) is 5.93. The zero-order chi connectivity index (χ0) is 15.5. The summed E-state index contributed by atoms with van der Waals surface area (Å²) in [6.45, 7) is 8.85. The van der Waals surface area contributed by atoms with Gasteiger partial charge in [0, 0.05) is 0 Å². The van der Waals surface area contributed by atoms with Crippen LogP contribution in [-0.2, 0) is 4.79 Å². The van der Waals surface area contributed by atoms with Crippen molar-refractivity contribution >= 4 is 12.0 Å². The van der Waals surface area contributed by atoms with Crippen molar-refractivity contribution in [1.29, 1.82) is 0 Å². The minimum Gasteiger partial charge on any atom is -0.480 e. The number of urea groups is 1. The number of carbonyl (C=O) groups is 2. The number of rotatable bonds is 4. The van der Waals surface area contributed by atoms with E-state index in [0.29, 0.717) is 5.76 Å². The van der Waals surface area contributed by atoms with Crippen molar-refractivity contribution in [3.8, 4) is 0 Å². The average Bonchev–Trinajstić information content (AvgIpc) is 2.70. The molecule has 2 atom stereocenters. The zero-order valence-electron chi connectivity index (χ0n) is 12.5. The minimum absolute atomic E-state index is 0.335. The first-order chi connectivity index (χ1) is 9.11. The Morgan fingerprint density at radius 2 is 1.85 bits per heavy atom. The molecule has 0 fully saturated rings. The molecule has 6 heteroatoms. The normalized spacial score (nSPS) is 14.4. The Kier molecular flexibility index (Phi) is 4.81. The van der Waals surface area contributed by atoms with Crippen LogP contribution in [0.25, 0.3) is 0 Å². The molecule has 0 aliphatic heterocycles. The lowest BCUT2D eigenvalue weighted by Crippen LogP contribution is -2.52. The number of aryl methyl sites for hydroxylation is 1. The first-order valence-corrected chi connectivity index (χ1v) is 6.47. The molecule has 1 aromatic rings. The van der Waals surface area contributed by atoms with E-state index in [1.165, 1.54) is 0 Å². The van der Waals surface area contributed by atoms with E-state index in [4.69, 9.17) is 9.52 Å². The lowest BCUT2D eigenvalue weighted by molar-refractivity contribution is -0.141. The topological polar surface area (TPSA) is 91.6 Å². The standard InChI is InChI=1S/C14H22N2O4/c1-8-6-7-10(20-8)9(2)15-13(19)16-11(12(17)18)14(3,4)5/h6-7,9,11H,1-5H3,(H,17,18)(H2,15,16,19)/t9?,11-/m1/s1. The molecule has 0 spiro atoms. The van der Waals surface area contributed by atoms with Crippen molar-refractivity contribution in [2.45, 2.75) is 46.7 Å². The fourth-order valence-corrected chi connectivity index (χ4v) is 1.78. The molecule has 1 unspecified atom stereocenters. The van der Waals surface area contributed by atoms with Gasteiger partial charge in [-0.25, -0.2) is 9.59 Å². The molecule has 112 valence electrons. The van der Waals surface area contributed by atoms with Crippen LogP contribution in [0.15, 0.2) is 16.5 Å². The molecular weight excluding hydrogens is 260 g/mol. The van der Waals surface area contributed by atoms with Gasteiger partial charge in [0.15, 0.2) is 0 Å². The number of aliphatic carboxylic acids is 1. The molecule has 1 aromatic heterocycles. The summed E-state index contributed by atoms with van der Waals surface area (Å²) in [5, 5.41) is 14.3. The van der Waals surface area contributed by atoms with E-state index >= 15 is 0 Å². The average molecular weight is 282 g/mol. The Bertz CT molecular complexity index is 488. The molecule has 0 saturated heterocycles. The fraction of sp³-hybridized carbons (Fsp3) is 0.571. The SMILES string of the molecule is Cc1ccc(C(C)NC(=O)N[C@H](C(=O)O)C(C)(C)C)o1. The lowest BCUT2D eigenvalue weighted by Gasteiger charge is -2.28. The van der Waals surface area contributed by atoms with Crippen LogP contribution < -0.4 is 10.6 Å². The summed E-state index contributed by atoms with van der Waals surface area (Å²) in [5.41, 5.74) is -0.576. The van der Waals surface area contributed by atoms with Crippen molar-refractivity contribution < 1.29 is 19.1 Å². The third-order valence-corrected chi connectivity index (χ3v) is 2.92. The van der Waals surface area contributed by atoms with Crippen molar-refractivity contribution in [2.24, 2.45) is 5.41 Å². The highest BCUT2D eigenvalue weighted by Crippen LogP contribution is 2.20. The van der Waals surface area contributed by atoms with Crippen LogP contribution >= 0.6 is 0 Å². The molecule has 3 N–H and O–H groups in total. The van der Waals surface area contributed by atoms with E-state index in [1.54, 1.807) is 39.8 Å². The number of hydrogen-bond acceptors (Lipinski definition) is 3. The van der Waals surface area contributed by atoms with Crippen molar-refractivity contribution in [2.75, 3.05) is 0 Å². The maximum absolute atomic E-state index is 11.9. The first-order valence-electron chi connectivity index (χ1n) is 6.47. The number of nitrogens with one attached hydrogen (secondary N) is 2. The number of carboxylic acid groups (broad SMARTS) is 1. The number of carbonyl (C=O) groups excluding carboxylic acids is 1. The summed E-state index contributed by atoms with van der Waals surface area (Å²) in [4.78, 5) is 23.0.